The predicted octanol–water partition coefficient (Wildman–Crippen LogP) is 2.44. The van der Waals surface area contributed by atoms with E-state index in [-0.39, 0.29) is 12.4 Å². The lowest BCUT2D eigenvalue weighted by atomic mass is 10.2. The average molecular weight is 252 g/mol. The fraction of sp³-hybridized carbons (Fsp3) is 0.308. The summed E-state index contributed by atoms with van der Waals surface area (Å²) < 4.78 is 1.90. The Morgan fingerprint density at radius 1 is 1.18 bits per heavy atom. The Balaban J connectivity index is 0.00000144. The molecule has 0 fully saturated rings. The number of halogens is 1. The molecule has 3 nitrogen and oxygen atoms in total. The first kappa shape index (κ1) is 13.7. The fourth-order valence-electron chi connectivity index (χ4n) is 1.66. The number of aromatic nitrogens is 2. The minimum atomic E-state index is 0. The van der Waals surface area contributed by atoms with E-state index in [1.807, 2.05) is 24.0 Å². The number of hydrogen-bond donors (Lipinski definition) is 1. The van der Waals surface area contributed by atoms with Gasteiger partial charge < -0.3 is 5.32 Å². The van der Waals surface area contributed by atoms with E-state index in [2.05, 4.69) is 41.6 Å². The van der Waals surface area contributed by atoms with Crippen LogP contribution in [0.2, 0.25) is 0 Å². The zero-order valence-electron chi connectivity index (χ0n) is 10.2. The van der Waals surface area contributed by atoms with Gasteiger partial charge in [0.15, 0.2) is 0 Å². The van der Waals surface area contributed by atoms with Crippen molar-refractivity contribution in [2.24, 2.45) is 7.05 Å². The van der Waals surface area contributed by atoms with Gasteiger partial charge >= 0.3 is 0 Å². The molecule has 1 aromatic heterocycles. The summed E-state index contributed by atoms with van der Waals surface area (Å²) in [6, 6.07) is 10.4. The zero-order valence-corrected chi connectivity index (χ0v) is 11.0. The third kappa shape index (κ3) is 3.58. The molecule has 17 heavy (non-hydrogen) atoms. The Labute approximate surface area is 108 Å². The second-order valence-electron chi connectivity index (χ2n) is 3.97. The van der Waals surface area contributed by atoms with Gasteiger partial charge in [-0.25, -0.2) is 0 Å². The predicted molar refractivity (Wildman–Crippen MR) is 72.2 cm³/mol. The molecule has 0 unspecified atom stereocenters. The molecular weight excluding hydrogens is 234 g/mol. The number of aryl methyl sites for hydroxylation is 1. The maximum Gasteiger partial charge on any atom is 0.0537 e. The van der Waals surface area contributed by atoms with Crippen molar-refractivity contribution in [3.05, 3.63) is 53.3 Å². The summed E-state index contributed by atoms with van der Waals surface area (Å²) in [5, 5.41) is 7.64. The molecule has 92 valence electrons. The molecule has 1 heterocycles. The lowest BCUT2D eigenvalue weighted by Crippen LogP contribution is -2.13. The van der Waals surface area contributed by atoms with Gasteiger partial charge in [-0.1, -0.05) is 30.3 Å². The molecule has 1 aromatic carbocycles. The molecule has 0 aliphatic rings. The first-order valence-electron chi connectivity index (χ1n) is 5.49. The van der Waals surface area contributed by atoms with Crippen molar-refractivity contribution < 1.29 is 0 Å². The van der Waals surface area contributed by atoms with Gasteiger partial charge in [-0.05, 0) is 12.5 Å². The SMILES string of the molecule is Cc1c(CNCc2ccccc2)cnn1C.Cl. The summed E-state index contributed by atoms with van der Waals surface area (Å²) in [6.45, 7) is 3.86. The van der Waals surface area contributed by atoms with Crippen LogP contribution in [0.1, 0.15) is 16.8 Å². The number of nitrogens with zero attached hydrogens (tertiary/aromatic N) is 2. The summed E-state index contributed by atoms with van der Waals surface area (Å²) in [5.41, 5.74) is 3.79. The van der Waals surface area contributed by atoms with E-state index in [0.29, 0.717) is 0 Å². The molecule has 0 bridgehead atoms. The van der Waals surface area contributed by atoms with E-state index in [9.17, 15) is 0 Å². The third-order valence-electron chi connectivity index (χ3n) is 2.82. The summed E-state index contributed by atoms with van der Waals surface area (Å²) in [6.07, 6.45) is 1.92. The van der Waals surface area contributed by atoms with E-state index >= 15 is 0 Å². The Morgan fingerprint density at radius 3 is 2.47 bits per heavy atom. The highest BCUT2D eigenvalue weighted by Crippen LogP contribution is 2.05. The van der Waals surface area contributed by atoms with Crippen molar-refractivity contribution >= 4 is 12.4 Å². The van der Waals surface area contributed by atoms with Crippen LogP contribution in [-0.4, -0.2) is 9.78 Å². The number of rotatable bonds is 4. The summed E-state index contributed by atoms with van der Waals surface area (Å²) in [5.74, 6) is 0. The molecule has 2 aromatic rings. The van der Waals surface area contributed by atoms with Gasteiger partial charge in [0, 0.05) is 31.4 Å². The molecular formula is C13H18ClN3. The summed E-state index contributed by atoms with van der Waals surface area (Å²) >= 11 is 0. The average Bonchev–Trinajstić information content (AvgIpc) is 2.62. The molecule has 0 aliphatic heterocycles. The highest BCUT2D eigenvalue weighted by Gasteiger charge is 2.02. The summed E-state index contributed by atoms with van der Waals surface area (Å²) in [4.78, 5) is 0. The number of benzene rings is 1. The van der Waals surface area contributed by atoms with Crippen molar-refractivity contribution in [2.45, 2.75) is 20.0 Å². The van der Waals surface area contributed by atoms with Crippen LogP contribution < -0.4 is 5.32 Å². The van der Waals surface area contributed by atoms with Crippen LogP contribution in [0.15, 0.2) is 36.5 Å². The lowest BCUT2D eigenvalue weighted by molar-refractivity contribution is 0.684. The van der Waals surface area contributed by atoms with Crippen LogP contribution in [0, 0.1) is 6.92 Å². The molecule has 0 spiro atoms. The fourth-order valence-corrected chi connectivity index (χ4v) is 1.66. The van der Waals surface area contributed by atoms with Gasteiger partial charge in [0.05, 0.1) is 6.20 Å². The van der Waals surface area contributed by atoms with E-state index in [0.717, 1.165) is 13.1 Å². The van der Waals surface area contributed by atoms with Crippen LogP contribution in [0.25, 0.3) is 0 Å². The topological polar surface area (TPSA) is 29.9 Å². The molecule has 2 rings (SSSR count). The monoisotopic (exact) mass is 251 g/mol. The van der Waals surface area contributed by atoms with Crippen molar-refractivity contribution in [1.82, 2.24) is 15.1 Å². The van der Waals surface area contributed by atoms with Crippen molar-refractivity contribution in [3.8, 4) is 0 Å². The van der Waals surface area contributed by atoms with Crippen LogP contribution in [-0.2, 0) is 20.1 Å². The molecule has 4 heteroatoms. The van der Waals surface area contributed by atoms with Gasteiger partial charge in [0.25, 0.3) is 0 Å². The number of hydrogen-bond acceptors (Lipinski definition) is 2. The van der Waals surface area contributed by atoms with E-state index in [4.69, 9.17) is 0 Å². The van der Waals surface area contributed by atoms with Gasteiger partial charge in [0.1, 0.15) is 0 Å². The molecule has 0 aliphatic carbocycles. The van der Waals surface area contributed by atoms with Crippen LogP contribution in [0.4, 0.5) is 0 Å². The second-order valence-corrected chi connectivity index (χ2v) is 3.97. The van der Waals surface area contributed by atoms with Crippen LogP contribution in [0.5, 0.6) is 0 Å². The maximum absolute atomic E-state index is 4.22. The van der Waals surface area contributed by atoms with Crippen LogP contribution >= 0.6 is 12.4 Å². The highest BCUT2D eigenvalue weighted by molar-refractivity contribution is 5.85. The van der Waals surface area contributed by atoms with Gasteiger partial charge in [-0.3, -0.25) is 4.68 Å². The maximum atomic E-state index is 4.22. The van der Waals surface area contributed by atoms with Crippen molar-refractivity contribution in [2.75, 3.05) is 0 Å². The lowest BCUT2D eigenvalue weighted by Gasteiger charge is -2.04. The Bertz CT molecular complexity index is 451. The van der Waals surface area contributed by atoms with E-state index in [1.54, 1.807) is 0 Å². The highest BCUT2D eigenvalue weighted by atomic mass is 35.5. The van der Waals surface area contributed by atoms with E-state index < -0.39 is 0 Å². The quantitative estimate of drug-likeness (QED) is 0.905. The first-order chi connectivity index (χ1) is 7.77. The minimum absolute atomic E-state index is 0. The normalized spacial score (nSPS) is 10.0. The van der Waals surface area contributed by atoms with Crippen molar-refractivity contribution in [3.63, 3.8) is 0 Å². The molecule has 0 saturated carbocycles. The van der Waals surface area contributed by atoms with Gasteiger partial charge in [-0.15, -0.1) is 12.4 Å². The zero-order chi connectivity index (χ0) is 11.4. The third-order valence-corrected chi connectivity index (χ3v) is 2.82. The molecule has 0 radical (unpaired) electrons. The van der Waals surface area contributed by atoms with Gasteiger partial charge in [-0.2, -0.15) is 5.10 Å². The first-order valence-corrected chi connectivity index (χ1v) is 5.49. The molecule has 0 saturated heterocycles. The van der Waals surface area contributed by atoms with Gasteiger partial charge in [0.2, 0.25) is 0 Å². The van der Waals surface area contributed by atoms with Crippen molar-refractivity contribution in [1.29, 1.82) is 0 Å². The Hall–Kier alpha value is -1.32. The minimum Gasteiger partial charge on any atom is -0.308 e. The molecule has 1 N–H and O–H groups in total. The smallest absolute Gasteiger partial charge is 0.0537 e. The Kier molecular flexibility index (Phi) is 5.19. The largest absolute Gasteiger partial charge is 0.308 e. The molecule has 0 atom stereocenters. The Morgan fingerprint density at radius 2 is 1.88 bits per heavy atom. The van der Waals surface area contributed by atoms with Crippen LogP contribution in [0.3, 0.4) is 0 Å². The number of nitrogens with one attached hydrogen (secondary N) is 1. The standard InChI is InChI=1S/C13H17N3.ClH/c1-11-13(10-15-16(11)2)9-14-8-12-6-4-3-5-7-12;/h3-7,10,14H,8-9H2,1-2H3;1H. The summed E-state index contributed by atoms with van der Waals surface area (Å²) in [7, 11) is 1.97. The second kappa shape index (κ2) is 6.42. The molecule has 0 amide bonds. The van der Waals surface area contributed by atoms with E-state index in [1.165, 1.54) is 16.8 Å².